The summed E-state index contributed by atoms with van der Waals surface area (Å²) in [5.41, 5.74) is 7.31. The van der Waals surface area contributed by atoms with Gasteiger partial charge in [-0.15, -0.1) is 11.8 Å². The molecule has 0 fully saturated rings. The molecule has 0 aromatic heterocycles. The summed E-state index contributed by atoms with van der Waals surface area (Å²) in [5.74, 6) is 0.931. The first kappa shape index (κ1) is 14.8. The fourth-order valence-corrected chi connectivity index (χ4v) is 3.28. The number of ether oxygens (including phenoxy) is 1. The van der Waals surface area contributed by atoms with Crippen molar-refractivity contribution in [3.63, 3.8) is 0 Å². The zero-order valence-corrected chi connectivity index (χ0v) is 11.9. The molecule has 17 heavy (non-hydrogen) atoms. The van der Waals surface area contributed by atoms with E-state index in [9.17, 15) is 0 Å². The maximum absolute atomic E-state index is 6.23. The van der Waals surface area contributed by atoms with Gasteiger partial charge in [0.25, 0.3) is 0 Å². The highest BCUT2D eigenvalue weighted by molar-refractivity contribution is 7.99. The Kier molecular flexibility index (Phi) is 6.97. The van der Waals surface area contributed by atoms with Crippen LogP contribution in [0.4, 0.5) is 0 Å². The van der Waals surface area contributed by atoms with Gasteiger partial charge in [0.05, 0.1) is 6.61 Å². The van der Waals surface area contributed by atoms with Crippen LogP contribution in [0.5, 0.6) is 0 Å². The molecule has 2 unspecified atom stereocenters. The van der Waals surface area contributed by atoms with Crippen LogP contribution in [0.2, 0.25) is 5.02 Å². The van der Waals surface area contributed by atoms with Crippen LogP contribution < -0.4 is 5.73 Å². The van der Waals surface area contributed by atoms with Gasteiger partial charge in [-0.25, -0.2) is 0 Å². The summed E-state index contributed by atoms with van der Waals surface area (Å²) < 4.78 is 5.08. The molecule has 0 saturated carbocycles. The largest absolute Gasteiger partial charge is 0.384 e. The van der Waals surface area contributed by atoms with E-state index in [1.165, 1.54) is 0 Å². The van der Waals surface area contributed by atoms with Crippen molar-refractivity contribution in [1.82, 2.24) is 0 Å². The molecule has 96 valence electrons. The van der Waals surface area contributed by atoms with Crippen molar-refractivity contribution in [2.75, 3.05) is 19.5 Å². The van der Waals surface area contributed by atoms with Crippen molar-refractivity contribution in [2.45, 2.75) is 24.6 Å². The molecule has 0 amide bonds. The highest BCUT2D eigenvalue weighted by Gasteiger charge is 2.20. The standard InChI is InChI=1S/C13H20ClNOS/c1-3-12(15)13(17-9-8-16-2)10-6-4-5-7-11(10)14/h4-7,12-13H,3,8-9,15H2,1-2H3. The second kappa shape index (κ2) is 7.98. The number of hydrogen-bond acceptors (Lipinski definition) is 3. The molecule has 0 aliphatic carbocycles. The van der Waals surface area contributed by atoms with Crippen LogP contribution in [0.3, 0.4) is 0 Å². The van der Waals surface area contributed by atoms with Gasteiger partial charge in [0.2, 0.25) is 0 Å². The Labute approximate surface area is 113 Å². The van der Waals surface area contributed by atoms with E-state index >= 15 is 0 Å². The smallest absolute Gasteiger partial charge is 0.0553 e. The Morgan fingerprint density at radius 2 is 2.12 bits per heavy atom. The number of hydrogen-bond donors (Lipinski definition) is 1. The number of methoxy groups -OCH3 is 1. The minimum absolute atomic E-state index is 0.122. The summed E-state index contributed by atoms with van der Waals surface area (Å²) in [6, 6.07) is 8.05. The van der Waals surface area contributed by atoms with E-state index in [0.29, 0.717) is 0 Å². The summed E-state index contributed by atoms with van der Waals surface area (Å²) in [6.45, 7) is 2.84. The minimum Gasteiger partial charge on any atom is -0.384 e. The van der Waals surface area contributed by atoms with E-state index in [-0.39, 0.29) is 11.3 Å². The molecule has 1 aromatic carbocycles. The molecule has 1 aromatic rings. The Morgan fingerprint density at radius 3 is 2.71 bits per heavy atom. The Bertz CT molecular complexity index is 335. The number of thioether (sulfide) groups is 1. The van der Waals surface area contributed by atoms with Crippen LogP contribution in [-0.4, -0.2) is 25.5 Å². The summed E-state index contributed by atoms with van der Waals surface area (Å²) in [5, 5.41) is 1.04. The molecular formula is C13H20ClNOS. The lowest BCUT2D eigenvalue weighted by Crippen LogP contribution is -2.26. The van der Waals surface area contributed by atoms with Gasteiger partial charge in [-0.1, -0.05) is 36.7 Å². The van der Waals surface area contributed by atoms with Crippen molar-refractivity contribution in [1.29, 1.82) is 0 Å². The van der Waals surface area contributed by atoms with Gasteiger partial charge in [0, 0.05) is 29.2 Å². The average molecular weight is 274 g/mol. The third-order valence-electron chi connectivity index (χ3n) is 2.66. The highest BCUT2D eigenvalue weighted by Crippen LogP contribution is 2.36. The molecule has 0 spiro atoms. The number of nitrogens with two attached hydrogens (primary N) is 1. The van der Waals surface area contributed by atoms with Crippen LogP contribution >= 0.6 is 23.4 Å². The zero-order valence-electron chi connectivity index (χ0n) is 10.4. The Balaban J connectivity index is 2.79. The molecule has 0 bridgehead atoms. The van der Waals surface area contributed by atoms with Crippen molar-refractivity contribution in [3.8, 4) is 0 Å². The Morgan fingerprint density at radius 1 is 1.41 bits per heavy atom. The number of rotatable bonds is 7. The second-order valence-electron chi connectivity index (χ2n) is 3.88. The van der Waals surface area contributed by atoms with Crippen molar-refractivity contribution in [3.05, 3.63) is 34.9 Å². The summed E-state index contributed by atoms with van der Waals surface area (Å²) in [6.07, 6.45) is 0.940. The van der Waals surface area contributed by atoms with Gasteiger partial charge < -0.3 is 10.5 Å². The average Bonchev–Trinajstić information content (AvgIpc) is 2.35. The normalized spacial score (nSPS) is 14.6. The summed E-state index contributed by atoms with van der Waals surface area (Å²) in [7, 11) is 1.71. The molecule has 2 N–H and O–H groups in total. The minimum atomic E-state index is 0.122. The van der Waals surface area contributed by atoms with Crippen LogP contribution in [0.25, 0.3) is 0 Å². The summed E-state index contributed by atoms with van der Waals surface area (Å²) >= 11 is 8.04. The van der Waals surface area contributed by atoms with Crippen LogP contribution in [0.15, 0.2) is 24.3 Å². The van der Waals surface area contributed by atoms with E-state index in [1.807, 2.05) is 30.0 Å². The molecule has 0 saturated heterocycles. The fourth-order valence-electron chi connectivity index (χ4n) is 1.62. The first-order chi connectivity index (χ1) is 8.20. The number of benzene rings is 1. The molecule has 2 atom stereocenters. The van der Waals surface area contributed by atoms with Gasteiger partial charge in [-0.05, 0) is 18.1 Å². The fraction of sp³-hybridized carbons (Fsp3) is 0.538. The van der Waals surface area contributed by atoms with E-state index < -0.39 is 0 Å². The highest BCUT2D eigenvalue weighted by atomic mass is 35.5. The maximum atomic E-state index is 6.23. The molecule has 0 heterocycles. The second-order valence-corrected chi connectivity index (χ2v) is 5.53. The molecule has 2 nitrogen and oxygen atoms in total. The van der Waals surface area contributed by atoms with Gasteiger partial charge in [-0.3, -0.25) is 0 Å². The Hall–Kier alpha value is -0.220. The molecule has 0 aliphatic rings. The van der Waals surface area contributed by atoms with Gasteiger partial charge in [0.1, 0.15) is 0 Å². The predicted octanol–water partition coefficient (Wildman–Crippen LogP) is 3.50. The molecule has 0 radical (unpaired) electrons. The van der Waals surface area contributed by atoms with Gasteiger partial charge in [0.15, 0.2) is 0 Å². The monoisotopic (exact) mass is 273 g/mol. The molecule has 1 rings (SSSR count). The van der Waals surface area contributed by atoms with E-state index in [4.69, 9.17) is 22.1 Å². The van der Waals surface area contributed by atoms with Crippen molar-refractivity contribution >= 4 is 23.4 Å². The SMILES string of the molecule is CCC(N)C(SCCOC)c1ccccc1Cl. The van der Waals surface area contributed by atoms with Gasteiger partial charge >= 0.3 is 0 Å². The zero-order chi connectivity index (χ0) is 12.7. The van der Waals surface area contributed by atoms with E-state index in [2.05, 4.69) is 13.0 Å². The van der Waals surface area contributed by atoms with Crippen molar-refractivity contribution in [2.24, 2.45) is 5.73 Å². The van der Waals surface area contributed by atoms with Crippen LogP contribution in [-0.2, 0) is 4.74 Å². The quantitative estimate of drug-likeness (QED) is 0.773. The maximum Gasteiger partial charge on any atom is 0.0553 e. The molecular weight excluding hydrogens is 254 g/mol. The van der Waals surface area contributed by atoms with E-state index in [0.717, 1.165) is 29.4 Å². The lowest BCUT2D eigenvalue weighted by atomic mass is 10.0. The molecule has 0 aliphatic heterocycles. The molecule has 4 heteroatoms. The number of halogens is 1. The van der Waals surface area contributed by atoms with Crippen LogP contribution in [0.1, 0.15) is 24.2 Å². The third kappa shape index (κ3) is 4.51. The van der Waals surface area contributed by atoms with Gasteiger partial charge in [-0.2, -0.15) is 0 Å². The lowest BCUT2D eigenvalue weighted by Gasteiger charge is -2.23. The lowest BCUT2D eigenvalue weighted by molar-refractivity contribution is 0.218. The topological polar surface area (TPSA) is 35.2 Å². The summed E-state index contributed by atoms with van der Waals surface area (Å²) in [4.78, 5) is 0. The third-order valence-corrected chi connectivity index (χ3v) is 4.37. The van der Waals surface area contributed by atoms with E-state index in [1.54, 1.807) is 7.11 Å². The van der Waals surface area contributed by atoms with Crippen LogP contribution in [0, 0.1) is 0 Å². The predicted molar refractivity (Wildman–Crippen MR) is 76.8 cm³/mol. The first-order valence-electron chi connectivity index (χ1n) is 5.81. The van der Waals surface area contributed by atoms with Crippen molar-refractivity contribution < 1.29 is 4.74 Å². The first-order valence-corrected chi connectivity index (χ1v) is 7.24.